The average Bonchev–Trinajstić information content (AvgIpc) is 2.79. The van der Waals surface area contributed by atoms with Crippen LogP contribution in [0.2, 0.25) is 0 Å². The number of rotatable bonds is 4. The Balaban J connectivity index is 0.00000306. The zero-order valence-corrected chi connectivity index (χ0v) is 25.3. The van der Waals surface area contributed by atoms with Crippen LogP contribution >= 0.6 is 63.7 Å². The number of hydrogen-bond acceptors (Lipinski definition) is 6. The Hall–Kier alpha value is -0.720. The number of aromatic hydroxyl groups is 1. The van der Waals surface area contributed by atoms with E-state index in [1.165, 1.54) is 0 Å². The van der Waals surface area contributed by atoms with Crippen LogP contribution in [0.25, 0.3) is 33.4 Å². The number of aliphatic hydroxyl groups is 1. The summed E-state index contributed by atoms with van der Waals surface area (Å²) < 4.78 is 12.4. The van der Waals surface area contributed by atoms with E-state index in [4.69, 9.17) is 14.3 Å². The Bertz CT molecular complexity index is 1420. The van der Waals surface area contributed by atoms with Crippen LogP contribution in [0.4, 0.5) is 0 Å². The van der Waals surface area contributed by atoms with Crippen molar-refractivity contribution >= 4 is 110 Å². The van der Waals surface area contributed by atoms with E-state index >= 15 is 0 Å². The summed E-state index contributed by atoms with van der Waals surface area (Å²) in [7, 11) is 0. The van der Waals surface area contributed by atoms with Gasteiger partial charge >= 0.3 is 5.97 Å². The van der Waals surface area contributed by atoms with Gasteiger partial charge in [0.2, 0.25) is 5.43 Å². The third kappa shape index (κ3) is 4.86. The van der Waals surface area contributed by atoms with Crippen molar-refractivity contribution in [3.05, 3.63) is 70.1 Å². The molecule has 2 aromatic carbocycles. The number of hydrogen-bond donors (Lipinski definition) is 2. The molecule has 2 aromatic rings. The average molecular weight is 715 g/mol. The van der Waals surface area contributed by atoms with Crippen molar-refractivity contribution < 1.29 is 24.2 Å². The fourth-order valence-electron chi connectivity index (χ4n) is 3.34. The van der Waals surface area contributed by atoms with Gasteiger partial charge in [0.25, 0.3) is 0 Å². The molecule has 4 rings (SSSR count). The predicted molar refractivity (Wildman–Crippen MR) is 140 cm³/mol. The maximum atomic E-state index is 13.0. The summed E-state index contributed by atoms with van der Waals surface area (Å²) in [4.78, 5) is 25.6. The molecule has 1 aliphatic carbocycles. The maximum absolute atomic E-state index is 13.0. The molecule has 1 aliphatic heterocycles. The number of phenolic OH excluding ortho intramolecular Hbond substituents is 1. The molecule has 0 saturated carbocycles. The number of esters is 1. The van der Waals surface area contributed by atoms with E-state index in [0.717, 1.165) is 0 Å². The molecule has 165 valence electrons. The topological polar surface area (TPSA) is 97.0 Å². The molecular weight excluding hydrogens is 703 g/mol. The minimum absolute atomic E-state index is 0. The molecule has 1 heterocycles. The van der Waals surface area contributed by atoms with E-state index in [-0.39, 0.29) is 74.2 Å². The smallest absolute Gasteiger partial charge is 0.338 e. The summed E-state index contributed by atoms with van der Waals surface area (Å²) in [6.45, 7) is -0.446. The van der Waals surface area contributed by atoms with Crippen LogP contribution in [0.5, 0.6) is 5.75 Å². The van der Waals surface area contributed by atoms with Gasteiger partial charge in [-0.05, 0) is 87.5 Å². The van der Waals surface area contributed by atoms with Gasteiger partial charge in [-0.2, -0.15) is 0 Å². The van der Waals surface area contributed by atoms with Crippen LogP contribution in [0.3, 0.4) is 0 Å². The van der Waals surface area contributed by atoms with Gasteiger partial charge in [0.15, 0.2) is 11.3 Å². The number of phenols is 1. The van der Waals surface area contributed by atoms with Crippen LogP contribution < -0.4 is 5.43 Å². The van der Waals surface area contributed by atoms with Gasteiger partial charge < -0.3 is 19.4 Å². The van der Waals surface area contributed by atoms with Gasteiger partial charge in [0.1, 0.15) is 21.3 Å². The molecule has 11 heteroatoms. The number of carbonyl (C=O) groups excluding carboxylic acids is 1. The van der Waals surface area contributed by atoms with E-state index in [0.29, 0.717) is 36.6 Å². The van der Waals surface area contributed by atoms with Crippen LogP contribution in [-0.2, 0) is 4.74 Å². The van der Waals surface area contributed by atoms with Crippen LogP contribution in [0.1, 0.15) is 10.4 Å². The third-order valence-corrected chi connectivity index (χ3v) is 7.57. The number of fused-ring (bicyclic) bond motifs is 2. The fourth-order valence-corrected chi connectivity index (χ4v) is 5.96. The number of aliphatic hydroxyl groups excluding tert-OH is 1. The largest absolute Gasteiger partial charge is 0.505 e. The zero-order valence-electron chi connectivity index (χ0n) is 16.9. The summed E-state index contributed by atoms with van der Waals surface area (Å²) in [5.41, 5.74) is 1.69. The van der Waals surface area contributed by atoms with E-state index in [2.05, 4.69) is 63.7 Å². The second kappa shape index (κ2) is 10.9. The van der Waals surface area contributed by atoms with E-state index in [1.54, 1.807) is 30.3 Å². The van der Waals surface area contributed by atoms with Gasteiger partial charge in [-0.3, -0.25) is 4.79 Å². The van der Waals surface area contributed by atoms with Crippen molar-refractivity contribution in [1.29, 1.82) is 0 Å². The minimum atomic E-state index is -0.627. The monoisotopic (exact) mass is 711 g/mol. The van der Waals surface area contributed by atoms with Crippen molar-refractivity contribution in [2.24, 2.45) is 0 Å². The van der Waals surface area contributed by atoms with Crippen molar-refractivity contribution in [3.8, 4) is 28.2 Å². The van der Waals surface area contributed by atoms with E-state index in [9.17, 15) is 14.7 Å². The Labute approximate surface area is 243 Å². The fraction of sp³-hybridized carbons (Fsp3) is 0.0909. The third-order valence-electron chi connectivity index (χ3n) is 4.75. The second-order valence-corrected chi connectivity index (χ2v) is 9.90. The van der Waals surface area contributed by atoms with Crippen molar-refractivity contribution in [2.45, 2.75) is 0 Å². The van der Waals surface area contributed by atoms with Gasteiger partial charge in [0, 0.05) is 46.1 Å². The van der Waals surface area contributed by atoms with Crippen LogP contribution in [0, 0.1) is 0 Å². The van der Waals surface area contributed by atoms with Crippen molar-refractivity contribution in [2.75, 3.05) is 13.2 Å². The molecule has 0 saturated heterocycles. The normalized spacial score (nSPS) is 10.9. The first-order valence-corrected chi connectivity index (χ1v) is 12.3. The molecule has 0 atom stereocenters. The first-order chi connectivity index (χ1) is 15.3. The summed E-state index contributed by atoms with van der Waals surface area (Å²) >= 11 is 13.4. The van der Waals surface area contributed by atoms with Gasteiger partial charge in [-0.15, -0.1) is 0 Å². The Morgan fingerprint density at radius 3 is 2.39 bits per heavy atom. The van der Waals surface area contributed by atoms with Crippen molar-refractivity contribution in [1.82, 2.24) is 0 Å². The molecule has 2 N–H and O–H groups in total. The first-order valence-electron chi connectivity index (χ1n) is 9.09. The molecule has 0 amide bonds. The van der Waals surface area contributed by atoms with Crippen molar-refractivity contribution in [3.63, 3.8) is 0 Å². The predicted octanol–water partition coefficient (Wildman–Crippen LogP) is 6.09. The van der Waals surface area contributed by atoms with Crippen LogP contribution in [0.15, 0.2) is 63.5 Å². The number of halogens is 4. The van der Waals surface area contributed by atoms with E-state index in [1.807, 2.05) is 6.07 Å². The molecule has 0 spiro atoms. The standard InChI is InChI=1S/C22H12Br4O6.Na/c23-13-8-9-7-12-14(10-3-1-2-4-11(10)22(30)31-6-5-27)15(24)19(29)17(26)21(12)32-20(9)16(25)18(13)28;/h1-4,7-8,27-28H,5-6H2;. The molecular formula is C22H12Br4NaO6. The molecule has 0 aromatic heterocycles. The second-order valence-electron chi connectivity index (χ2n) is 6.67. The summed E-state index contributed by atoms with van der Waals surface area (Å²) in [5, 5.41) is 19.9. The van der Waals surface area contributed by atoms with Crippen LogP contribution in [-0.4, -0.2) is 59.0 Å². The molecule has 0 unspecified atom stereocenters. The van der Waals surface area contributed by atoms with Gasteiger partial charge in [-0.25, -0.2) is 4.79 Å². The number of ether oxygens (including phenoxy) is 1. The molecule has 0 bridgehead atoms. The zero-order chi connectivity index (χ0) is 23.2. The first kappa shape index (κ1) is 26.9. The molecule has 1 radical (unpaired) electrons. The molecule has 0 fully saturated rings. The summed E-state index contributed by atoms with van der Waals surface area (Å²) in [5.74, 6) is -0.409. The summed E-state index contributed by atoms with van der Waals surface area (Å²) in [6, 6.07) is 10.2. The molecule has 6 nitrogen and oxygen atoms in total. The summed E-state index contributed by atoms with van der Waals surface area (Å²) in [6.07, 6.45) is 0. The van der Waals surface area contributed by atoms with Gasteiger partial charge in [-0.1, -0.05) is 18.2 Å². The quantitative estimate of drug-likeness (QED) is 0.151. The Morgan fingerprint density at radius 2 is 1.70 bits per heavy atom. The maximum Gasteiger partial charge on any atom is 0.338 e. The SMILES string of the molecule is O=C(OCCO)c1ccccc1-c1c2cc3cc(Br)c(O)c(Br)c3oc-2c(Br)c(=O)c1Br.[Na]. The Morgan fingerprint density at radius 1 is 1.00 bits per heavy atom. The minimum Gasteiger partial charge on any atom is -0.505 e. The Kier molecular flexibility index (Phi) is 8.88. The van der Waals surface area contributed by atoms with Gasteiger partial charge in [0.05, 0.1) is 21.1 Å². The molecule has 2 aliphatic rings. The molecule has 33 heavy (non-hydrogen) atoms. The van der Waals surface area contributed by atoms with E-state index < -0.39 is 5.97 Å². The number of carbonyl (C=O) groups is 1. The number of benzene rings is 3.